The molecule has 0 amide bonds. The van der Waals surface area contributed by atoms with E-state index in [9.17, 15) is 4.91 Å². The molecular formula is C8H7N3O2. The molecule has 0 aromatic heterocycles. The first kappa shape index (κ1) is 7.88. The van der Waals surface area contributed by atoms with Crippen LogP contribution in [0.5, 0.6) is 0 Å². The SMILES string of the molecule is O=NC1N=C(NO)c2ccccc21. The highest BCUT2D eigenvalue weighted by Gasteiger charge is 2.24. The summed E-state index contributed by atoms with van der Waals surface area (Å²) in [5, 5.41) is 11.5. The molecule has 0 spiro atoms. The monoisotopic (exact) mass is 177 g/mol. The van der Waals surface area contributed by atoms with Crippen LogP contribution in [0.15, 0.2) is 34.4 Å². The van der Waals surface area contributed by atoms with Gasteiger partial charge in [0.2, 0.25) is 6.17 Å². The number of nitroso groups, excluding NO2 is 1. The van der Waals surface area contributed by atoms with Gasteiger partial charge in [-0.3, -0.25) is 10.7 Å². The highest BCUT2D eigenvalue weighted by Crippen LogP contribution is 2.28. The fraction of sp³-hybridized carbons (Fsp3) is 0.125. The number of amidine groups is 1. The first-order valence-electron chi connectivity index (χ1n) is 3.76. The van der Waals surface area contributed by atoms with Gasteiger partial charge in [-0.05, 0) is 5.18 Å². The lowest BCUT2D eigenvalue weighted by molar-refractivity contribution is 0.235. The topological polar surface area (TPSA) is 74.0 Å². The molecule has 0 fully saturated rings. The van der Waals surface area contributed by atoms with E-state index in [0.717, 1.165) is 5.56 Å². The van der Waals surface area contributed by atoms with E-state index in [4.69, 9.17) is 5.21 Å². The van der Waals surface area contributed by atoms with Crippen molar-refractivity contribution in [3.63, 3.8) is 0 Å². The van der Waals surface area contributed by atoms with E-state index >= 15 is 0 Å². The molecule has 1 unspecified atom stereocenters. The molecule has 1 aromatic carbocycles. The van der Waals surface area contributed by atoms with E-state index in [-0.39, 0.29) is 0 Å². The molecule has 0 saturated heterocycles. The van der Waals surface area contributed by atoms with Crippen LogP contribution in [-0.2, 0) is 0 Å². The van der Waals surface area contributed by atoms with E-state index < -0.39 is 6.17 Å². The van der Waals surface area contributed by atoms with Crippen molar-refractivity contribution >= 4 is 5.84 Å². The van der Waals surface area contributed by atoms with Crippen LogP contribution in [0.25, 0.3) is 0 Å². The summed E-state index contributed by atoms with van der Waals surface area (Å²) in [4.78, 5) is 14.2. The van der Waals surface area contributed by atoms with Gasteiger partial charge >= 0.3 is 0 Å². The number of rotatable bonds is 1. The average Bonchev–Trinajstić information content (AvgIpc) is 2.56. The number of benzene rings is 1. The van der Waals surface area contributed by atoms with Crippen molar-refractivity contribution in [3.8, 4) is 0 Å². The second kappa shape index (κ2) is 2.95. The number of fused-ring (bicyclic) bond motifs is 1. The quantitative estimate of drug-likeness (QED) is 0.499. The zero-order valence-corrected chi connectivity index (χ0v) is 6.64. The number of hydrogen-bond acceptors (Lipinski definition) is 5. The molecule has 2 N–H and O–H groups in total. The van der Waals surface area contributed by atoms with E-state index in [1.807, 2.05) is 5.48 Å². The van der Waals surface area contributed by atoms with Crippen LogP contribution < -0.4 is 5.48 Å². The molecule has 1 aromatic rings. The van der Waals surface area contributed by atoms with E-state index in [0.29, 0.717) is 11.4 Å². The summed E-state index contributed by atoms with van der Waals surface area (Å²) in [5.41, 5.74) is 3.37. The second-order valence-corrected chi connectivity index (χ2v) is 2.66. The molecule has 0 radical (unpaired) electrons. The zero-order valence-electron chi connectivity index (χ0n) is 6.64. The molecule has 5 heteroatoms. The Balaban J connectivity index is 2.53. The van der Waals surface area contributed by atoms with Gasteiger partial charge in [0.1, 0.15) is 0 Å². The summed E-state index contributed by atoms with van der Waals surface area (Å²) in [7, 11) is 0. The van der Waals surface area contributed by atoms with Gasteiger partial charge in [-0.25, -0.2) is 4.99 Å². The van der Waals surface area contributed by atoms with Gasteiger partial charge in [0.05, 0.1) is 0 Å². The van der Waals surface area contributed by atoms with Crippen molar-refractivity contribution in [1.29, 1.82) is 0 Å². The number of nitrogens with one attached hydrogen (secondary N) is 1. The molecule has 2 rings (SSSR count). The molecule has 1 aliphatic rings. The molecule has 66 valence electrons. The summed E-state index contributed by atoms with van der Waals surface area (Å²) in [6.07, 6.45) is -0.731. The van der Waals surface area contributed by atoms with Gasteiger partial charge in [0, 0.05) is 11.1 Å². The van der Waals surface area contributed by atoms with Gasteiger partial charge in [-0.2, -0.15) is 0 Å². The Morgan fingerprint density at radius 3 is 2.92 bits per heavy atom. The fourth-order valence-corrected chi connectivity index (χ4v) is 1.37. The number of hydrogen-bond donors (Lipinski definition) is 2. The van der Waals surface area contributed by atoms with Crippen molar-refractivity contribution in [2.75, 3.05) is 0 Å². The van der Waals surface area contributed by atoms with Gasteiger partial charge in [0.25, 0.3) is 0 Å². The largest absolute Gasteiger partial charge is 0.290 e. The highest BCUT2D eigenvalue weighted by atomic mass is 16.5. The molecule has 5 nitrogen and oxygen atoms in total. The molecule has 1 heterocycles. The van der Waals surface area contributed by atoms with Crippen LogP contribution in [0.4, 0.5) is 0 Å². The minimum atomic E-state index is -0.731. The lowest BCUT2D eigenvalue weighted by Gasteiger charge is -1.99. The standard InChI is InChI=1S/C8H7N3O2/c12-10-7-5-3-1-2-4-6(5)8(9-7)11-13/h1-4,7,13H,(H,9,11). The summed E-state index contributed by atoms with van der Waals surface area (Å²) in [5.74, 6) is 0.292. The van der Waals surface area contributed by atoms with Gasteiger partial charge < -0.3 is 0 Å². The number of hydroxylamine groups is 1. The average molecular weight is 177 g/mol. The minimum absolute atomic E-state index is 0.292. The Kier molecular flexibility index (Phi) is 1.79. The lowest BCUT2D eigenvalue weighted by Crippen LogP contribution is -2.17. The van der Waals surface area contributed by atoms with Crippen LogP contribution in [0.2, 0.25) is 0 Å². The second-order valence-electron chi connectivity index (χ2n) is 2.66. The predicted octanol–water partition coefficient (Wildman–Crippen LogP) is 1.19. The third-order valence-corrected chi connectivity index (χ3v) is 1.95. The predicted molar refractivity (Wildman–Crippen MR) is 46.4 cm³/mol. The fourth-order valence-electron chi connectivity index (χ4n) is 1.37. The Bertz CT molecular complexity index is 375. The zero-order chi connectivity index (χ0) is 9.26. The minimum Gasteiger partial charge on any atom is -0.290 e. The van der Waals surface area contributed by atoms with Crippen LogP contribution >= 0.6 is 0 Å². The summed E-state index contributed by atoms with van der Waals surface area (Å²) < 4.78 is 0. The van der Waals surface area contributed by atoms with Gasteiger partial charge in [-0.1, -0.05) is 24.3 Å². The summed E-state index contributed by atoms with van der Waals surface area (Å²) in [6.45, 7) is 0. The van der Waals surface area contributed by atoms with Crippen LogP contribution in [-0.4, -0.2) is 11.0 Å². The number of nitrogens with zero attached hydrogens (tertiary/aromatic N) is 2. The molecule has 0 saturated carbocycles. The number of aliphatic imine (C=N–C) groups is 1. The van der Waals surface area contributed by atoms with Crippen molar-refractivity contribution in [2.45, 2.75) is 6.17 Å². The Hall–Kier alpha value is -1.75. The first-order valence-corrected chi connectivity index (χ1v) is 3.76. The summed E-state index contributed by atoms with van der Waals surface area (Å²) >= 11 is 0. The molecule has 13 heavy (non-hydrogen) atoms. The van der Waals surface area contributed by atoms with Crippen molar-refractivity contribution in [3.05, 3.63) is 40.3 Å². The molecule has 0 bridgehead atoms. The molecule has 1 aliphatic heterocycles. The van der Waals surface area contributed by atoms with Crippen LogP contribution in [0.1, 0.15) is 17.3 Å². The van der Waals surface area contributed by atoms with Crippen LogP contribution in [0, 0.1) is 4.91 Å². The Labute approximate surface area is 74.0 Å². The smallest absolute Gasteiger partial charge is 0.209 e. The summed E-state index contributed by atoms with van der Waals surface area (Å²) in [6, 6.07) is 7.13. The highest BCUT2D eigenvalue weighted by molar-refractivity contribution is 6.01. The molecule has 0 aliphatic carbocycles. The normalized spacial score (nSPS) is 19.2. The molecule has 1 atom stereocenters. The van der Waals surface area contributed by atoms with Crippen molar-refractivity contribution < 1.29 is 5.21 Å². The first-order chi connectivity index (χ1) is 6.36. The van der Waals surface area contributed by atoms with Crippen molar-refractivity contribution in [1.82, 2.24) is 5.48 Å². The van der Waals surface area contributed by atoms with Crippen molar-refractivity contribution in [2.24, 2.45) is 10.2 Å². The maximum Gasteiger partial charge on any atom is 0.209 e. The lowest BCUT2D eigenvalue weighted by atomic mass is 10.1. The Morgan fingerprint density at radius 1 is 1.46 bits per heavy atom. The van der Waals surface area contributed by atoms with Crippen LogP contribution in [0.3, 0.4) is 0 Å². The van der Waals surface area contributed by atoms with E-state index in [1.54, 1.807) is 24.3 Å². The Morgan fingerprint density at radius 2 is 2.23 bits per heavy atom. The van der Waals surface area contributed by atoms with Gasteiger partial charge in [0.15, 0.2) is 5.84 Å². The van der Waals surface area contributed by atoms with Gasteiger partial charge in [-0.15, -0.1) is 4.91 Å². The van der Waals surface area contributed by atoms with E-state index in [1.165, 1.54) is 0 Å². The third kappa shape index (κ3) is 1.09. The van der Waals surface area contributed by atoms with E-state index in [2.05, 4.69) is 10.2 Å². The maximum atomic E-state index is 10.4. The third-order valence-electron chi connectivity index (χ3n) is 1.95. The molecular weight excluding hydrogens is 170 g/mol. The maximum absolute atomic E-state index is 10.4.